The van der Waals surface area contributed by atoms with Gasteiger partial charge in [-0.25, -0.2) is 0 Å². The Balaban J connectivity index is 2.91. The first-order valence-electron chi connectivity index (χ1n) is 5.06. The molecule has 1 N–H and O–H groups in total. The Kier molecular flexibility index (Phi) is 3.90. The van der Waals surface area contributed by atoms with Crippen LogP contribution in [0, 0.1) is 6.92 Å². The van der Waals surface area contributed by atoms with Gasteiger partial charge in [0.15, 0.2) is 0 Å². The van der Waals surface area contributed by atoms with Gasteiger partial charge in [-0.15, -0.1) is 0 Å². The molecule has 0 spiro atoms. The smallest absolute Gasteiger partial charge is 0.0248 e. The molecule has 1 aromatic rings. The molecule has 0 aliphatic carbocycles. The van der Waals surface area contributed by atoms with Crippen LogP contribution in [0.4, 0.5) is 0 Å². The number of likely N-dealkylation sites (N-methyl/N-ethyl adjacent to an activating group) is 1. The Morgan fingerprint density at radius 3 is 2.57 bits per heavy atom. The number of hydrogen-bond donors (Lipinski definition) is 1. The molecule has 0 fully saturated rings. The first-order valence-corrected chi connectivity index (χ1v) is 5.06. The van der Waals surface area contributed by atoms with Crippen molar-refractivity contribution in [1.29, 1.82) is 0 Å². The molecule has 1 unspecified atom stereocenters. The molecule has 0 saturated carbocycles. The van der Waals surface area contributed by atoms with Crippen molar-refractivity contribution in [1.82, 2.24) is 5.32 Å². The Hall–Kier alpha value is -1.08. The van der Waals surface area contributed by atoms with Crippen molar-refractivity contribution in [3.05, 3.63) is 41.0 Å². The first kappa shape index (κ1) is 11.0. The lowest BCUT2D eigenvalue weighted by molar-refractivity contribution is 0.696. The Morgan fingerprint density at radius 2 is 2.00 bits per heavy atom. The maximum Gasteiger partial charge on any atom is 0.0248 e. The summed E-state index contributed by atoms with van der Waals surface area (Å²) in [5.41, 5.74) is 4.00. The van der Waals surface area contributed by atoms with E-state index >= 15 is 0 Å². The topological polar surface area (TPSA) is 12.0 Å². The molecule has 14 heavy (non-hydrogen) atoms. The van der Waals surface area contributed by atoms with E-state index in [-0.39, 0.29) is 0 Å². The van der Waals surface area contributed by atoms with Crippen molar-refractivity contribution in [2.75, 3.05) is 7.05 Å². The summed E-state index contributed by atoms with van der Waals surface area (Å²) in [6.45, 7) is 6.47. The van der Waals surface area contributed by atoms with Crippen LogP contribution >= 0.6 is 0 Å². The van der Waals surface area contributed by atoms with Gasteiger partial charge >= 0.3 is 0 Å². The van der Waals surface area contributed by atoms with Crippen LogP contribution in [0.3, 0.4) is 0 Å². The molecule has 1 atom stereocenters. The van der Waals surface area contributed by atoms with Gasteiger partial charge in [0.2, 0.25) is 0 Å². The van der Waals surface area contributed by atoms with E-state index in [1.807, 2.05) is 7.05 Å². The molecule has 0 aliphatic heterocycles. The van der Waals surface area contributed by atoms with Crippen LogP contribution in [0.5, 0.6) is 0 Å². The third-order valence-electron chi connectivity index (χ3n) is 2.69. The number of aryl methyl sites for hydroxylation is 1. The maximum absolute atomic E-state index is 3.24. The van der Waals surface area contributed by atoms with E-state index in [1.165, 1.54) is 16.7 Å². The van der Waals surface area contributed by atoms with Gasteiger partial charge < -0.3 is 5.32 Å². The average Bonchev–Trinajstić information content (AvgIpc) is 2.20. The Bertz CT molecular complexity index is 326. The van der Waals surface area contributed by atoms with Crippen LogP contribution in [0.1, 0.15) is 25.0 Å². The molecular weight excluding hydrogens is 170 g/mol. The van der Waals surface area contributed by atoms with Crippen LogP contribution in [0.25, 0.3) is 6.08 Å². The second-order valence-corrected chi connectivity index (χ2v) is 3.76. The number of rotatable bonds is 3. The van der Waals surface area contributed by atoms with Crippen molar-refractivity contribution in [2.24, 2.45) is 0 Å². The van der Waals surface area contributed by atoms with E-state index < -0.39 is 0 Å². The molecule has 0 amide bonds. The molecule has 1 aromatic carbocycles. The average molecular weight is 189 g/mol. The van der Waals surface area contributed by atoms with Crippen molar-refractivity contribution < 1.29 is 0 Å². The van der Waals surface area contributed by atoms with E-state index in [9.17, 15) is 0 Å². The SMILES string of the molecule is CNC(C)/C(C)=C/c1ccccc1C. The summed E-state index contributed by atoms with van der Waals surface area (Å²) in [6, 6.07) is 8.89. The predicted octanol–water partition coefficient (Wildman–Crippen LogP) is 3.01. The Labute approximate surface area is 86.8 Å². The fraction of sp³-hybridized carbons (Fsp3) is 0.385. The molecular formula is C13H19N. The van der Waals surface area contributed by atoms with Crippen LogP contribution in [-0.4, -0.2) is 13.1 Å². The van der Waals surface area contributed by atoms with Crippen LogP contribution in [0.15, 0.2) is 29.8 Å². The highest BCUT2D eigenvalue weighted by atomic mass is 14.8. The normalized spacial score (nSPS) is 14.1. The minimum Gasteiger partial charge on any atom is -0.314 e. The molecule has 1 nitrogen and oxygen atoms in total. The van der Waals surface area contributed by atoms with Crippen LogP contribution in [-0.2, 0) is 0 Å². The van der Waals surface area contributed by atoms with E-state index in [2.05, 4.69) is 56.4 Å². The summed E-state index contributed by atoms with van der Waals surface area (Å²) in [4.78, 5) is 0. The molecule has 76 valence electrons. The van der Waals surface area contributed by atoms with Gasteiger partial charge in [0, 0.05) is 6.04 Å². The van der Waals surface area contributed by atoms with E-state index in [4.69, 9.17) is 0 Å². The fourth-order valence-corrected chi connectivity index (χ4v) is 1.35. The molecule has 0 saturated heterocycles. The monoisotopic (exact) mass is 189 g/mol. The second kappa shape index (κ2) is 4.97. The van der Waals surface area contributed by atoms with E-state index in [0.29, 0.717) is 6.04 Å². The summed E-state index contributed by atoms with van der Waals surface area (Å²) in [7, 11) is 1.99. The third kappa shape index (κ3) is 2.71. The fourth-order valence-electron chi connectivity index (χ4n) is 1.35. The predicted molar refractivity (Wildman–Crippen MR) is 63.4 cm³/mol. The first-order chi connectivity index (χ1) is 6.65. The molecule has 0 bridgehead atoms. The molecule has 0 aliphatic rings. The van der Waals surface area contributed by atoms with E-state index in [1.54, 1.807) is 0 Å². The largest absolute Gasteiger partial charge is 0.314 e. The van der Waals surface area contributed by atoms with Gasteiger partial charge in [-0.05, 0) is 38.9 Å². The van der Waals surface area contributed by atoms with Crippen LogP contribution < -0.4 is 5.32 Å². The highest BCUT2D eigenvalue weighted by Gasteiger charge is 2.00. The lowest BCUT2D eigenvalue weighted by Crippen LogP contribution is -2.21. The van der Waals surface area contributed by atoms with Gasteiger partial charge in [0.1, 0.15) is 0 Å². The van der Waals surface area contributed by atoms with E-state index in [0.717, 1.165) is 0 Å². The summed E-state index contributed by atoms with van der Waals surface area (Å²) < 4.78 is 0. The maximum atomic E-state index is 3.24. The van der Waals surface area contributed by atoms with Crippen molar-refractivity contribution in [3.8, 4) is 0 Å². The number of nitrogens with one attached hydrogen (secondary N) is 1. The highest BCUT2D eigenvalue weighted by Crippen LogP contribution is 2.13. The van der Waals surface area contributed by atoms with Gasteiger partial charge in [-0.1, -0.05) is 35.9 Å². The number of hydrogen-bond acceptors (Lipinski definition) is 1. The molecule has 1 rings (SSSR count). The standard InChI is InChI=1S/C13H19N/c1-10-7-5-6-8-13(10)9-11(2)12(3)14-4/h5-9,12,14H,1-4H3/b11-9+. The van der Waals surface area contributed by atoms with Crippen LogP contribution in [0.2, 0.25) is 0 Å². The van der Waals surface area contributed by atoms with Crippen molar-refractivity contribution in [2.45, 2.75) is 26.8 Å². The number of benzene rings is 1. The third-order valence-corrected chi connectivity index (χ3v) is 2.69. The molecule has 0 aromatic heterocycles. The lowest BCUT2D eigenvalue weighted by Gasteiger charge is -2.11. The second-order valence-electron chi connectivity index (χ2n) is 3.76. The zero-order valence-corrected chi connectivity index (χ0v) is 9.46. The van der Waals surface area contributed by atoms with Crippen molar-refractivity contribution >= 4 is 6.08 Å². The molecule has 0 heterocycles. The molecule has 1 heteroatoms. The Morgan fingerprint density at radius 1 is 1.36 bits per heavy atom. The van der Waals surface area contributed by atoms with Crippen molar-refractivity contribution in [3.63, 3.8) is 0 Å². The summed E-state index contributed by atoms with van der Waals surface area (Å²) in [5, 5.41) is 3.24. The highest BCUT2D eigenvalue weighted by molar-refractivity contribution is 5.56. The zero-order chi connectivity index (χ0) is 10.6. The van der Waals surface area contributed by atoms with Gasteiger partial charge in [-0.2, -0.15) is 0 Å². The van der Waals surface area contributed by atoms with Gasteiger partial charge in [-0.3, -0.25) is 0 Å². The minimum absolute atomic E-state index is 0.439. The minimum atomic E-state index is 0.439. The zero-order valence-electron chi connectivity index (χ0n) is 9.46. The lowest BCUT2D eigenvalue weighted by atomic mass is 10.0. The quantitative estimate of drug-likeness (QED) is 0.770. The van der Waals surface area contributed by atoms with Gasteiger partial charge in [0.05, 0.1) is 0 Å². The summed E-state index contributed by atoms with van der Waals surface area (Å²) in [6.07, 6.45) is 2.25. The van der Waals surface area contributed by atoms with Gasteiger partial charge in [0.25, 0.3) is 0 Å². The summed E-state index contributed by atoms with van der Waals surface area (Å²) >= 11 is 0. The molecule has 0 radical (unpaired) electrons. The summed E-state index contributed by atoms with van der Waals surface area (Å²) in [5.74, 6) is 0.